The molecule has 0 amide bonds. The van der Waals surface area contributed by atoms with Crippen molar-refractivity contribution >= 4 is 11.8 Å². The van der Waals surface area contributed by atoms with E-state index in [0.717, 1.165) is 28.4 Å². The van der Waals surface area contributed by atoms with Crippen LogP contribution in [-0.4, -0.2) is 36.7 Å². The van der Waals surface area contributed by atoms with E-state index >= 15 is 0 Å². The number of aryl methyl sites for hydroxylation is 2. The van der Waals surface area contributed by atoms with Gasteiger partial charge in [-0.05, 0) is 44.2 Å². The predicted octanol–water partition coefficient (Wildman–Crippen LogP) is 2.75. The first-order chi connectivity index (χ1) is 13.5. The zero-order chi connectivity index (χ0) is 19.7. The predicted molar refractivity (Wildman–Crippen MR) is 105 cm³/mol. The smallest absolute Gasteiger partial charge is 0.271 e. The number of nitrogen functional groups attached to an aromatic ring is 1. The van der Waals surface area contributed by atoms with Crippen LogP contribution in [0.2, 0.25) is 0 Å². The lowest BCUT2D eigenvalue weighted by atomic mass is 10.2. The standard InChI is InChI=1S/C18H19N7O2S/c1-11-8-12(2)25(23-11)17-21-22-18(24(17)19)28-10-14-9-27-16(20-14)13-4-6-15(26-3)7-5-13/h4-9H,10,19H2,1-3H3. The third kappa shape index (κ3) is 3.46. The fourth-order valence-corrected chi connectivity index (χ4v) is 3.45. The fourth-order valence-electron chi connectivity index (χ4n) is 2.72. The van der Waals surface area contributed by atoms with E-state index in [9.17, 15) is 0 Å². The number of hydrogen-bond donors (Lipinski definition) is 1. The highest BCUT2D eigenvalue weighted by Gasteiger charge is 2.16. The second kappa shape index (κ2) is 7.39. The quantitative estimate of drug-likeness (QED) is 0.391. The van der Waals surface area contributed by atoms with Gasteiger partial charge >= 0.3 is 0 Å². The second-order valence-corrected chi connectivity index (χ2v) is 7.10. The van der Waals surface area contributed by atoms with Gasteiger partial charge < -0.3 is 15.0 Å². The molecule has 144 valence electrons. The number of aromatic nitrogens is 6. The summed E-state index contributed by atoms with van der Waals surface area (Å²) in [4.78, 5) is 4.52. The highest BCUT2D eigenvalue weighted by molar-refractivity contribution is 7.98. The summed E-state index contributed by atoms with van der Waals surface area (Å²) in [5, 5.41) is 13.3. The fraction of sp³-hybridized carbons (Fsp3) is 0.222. The Hall–Kier alpha value is -3.27. The molecule has 4 aromatic rings. The monoisotopic (exact) mass is 397 g/mol. The number of nitrogens with zero attached hydrogens (tertiary/aromatic N) is 6. The molecule has 0 saturated heterocycles. The van der Waals surface area contributed by atoms with E-state index in [4.69, 9.17) is 15.0 Å². The van der Waals surface area contributed by atoms with Crippen molar-refractivity contribution in [3.63, 3.8) is 0 Å². The largest absolute Gasteiger partial charge is 0.497 e. The summed E-state index contributed by atoms with van der Waals surface area (Å²) in [6.45, 7) is 3.86. The van der Waals surface area contributed by atoms with Crippen molar-refractivity contribution in [1.82, 2.24) is 29.6 Å². The molecule has 0 saturated carbocycles. The maximum atomic E-state index is 6.16. The van der Waals surface area contributed by atoms with Crippen molar-refractivity contribution in [2.75, 3.05) is 13.0 Å². The van der Waals surface area contributed by atoms with E-state index in [1.807, 2.05) is 44.2 Å². The average Bonchev–Trinajstić information content (AvgIpc) is 3.39. The van der Waals surface area contributed by atoms with Gasteiger partial charge in [0.2, 0.25) is 11.0 Å². The number of thioether (sulfide) groups is 1. The van der Waals surface area contributed by atoms with Crippen LogP contribution in [0.15, 0.2) is 46.2 Å². The third-order valence-corrected chi connectivity index (χ3v) is 5.06. The van der Waals surface area contributed by atoms with Crippen molar-refractivity contribution in [3.05, 3.63) is 53.7 Å². The van der Waals surface area contributed by atoms with Gasteiger partial charge in [-0.1, -0.05) is 11.8 Å². The first-order valence-electron chi connectivity index (χ1n) is 8.51. The van der Waals surface area contributed by atoms with Gasteiger partial charge in [-0.15, -0.1) is 10.2 Å². The normalized spacial score (nSPS) is 11.1. The Bertz CT molecular complexity index is 1100. The number of benzene rings is 1. The van der Waals surface area contributed by atoms with Crippen molar-refractivity contribution in [3.8, 4) is 23.2 Å². The number of nitrogens with two attached hydrogens (primary N) is 1. The van der Waals surface area contributed by atoms with E-state index in [1.54, 1.807) is 18.1 Å². The Morgan fingerprint density at radius 1 is 1.18 bits per heavy atom. The van der Waals surface area contributed by atoms with Crippen molar-refractivity contribution < 1.29 is 9.15 Å². The van der Waals surface area contributed by atoms with Crippen molar-refractivity contribution in [1.29, 1.82) is 0 Å². The van der Waals surface area contributed by atoms with Crippen LogP contribution in [0.3, 0.4) is 0 Å². The van der Waals surface area contributed by atoms with Crippen molar-refractivity contribution in [2.24, 2.45) is 0 Å². The minimum Gasteiger partial charge on any atom is -0.497 e. The third-order valence-electron chi connectivity index (χ3n) is 4.08. The molecule has 0 bridgehead atoms. The minimum absolute atomic E-state index is 0.465. The van der Waals surface area contributed by atoms with Gasteiger partial charge in [0.1, 0.15) is 12.0 Å². The average molecular weight is 397 g/mol. The van der Waals surface area contributed by atoms with Crippen molar-refractivity contribution in [2.45, 2.75) is 24.8 Å². The van der Waals surface area contributed by atoms with Gasteiger partial charge in [0.05, 0.1) is 18.5 Å². The maximum absolute atomic E-state index is 6.16. The number of ether oxygens (including phenoxy) is 1. The lowest BCUT2D eigenvalue weighted by Crippen LogP contribution is -2.17. The summed E-state index contributed by atoms with van der Waals surface area (Å²) in [7, 11) is 1.63. The zero-order valence-electron chi connectivity index (χ0n) is 15.7. The Labute approximate surface area is 165 Å². The molecule has 3 heterocycles. The number of hydrogen-bond acceptors (Lipinski definition) is 8. The lowest BCUT2D eigenvalue weighted by Gasteiger charge is -2.04. The number of methoxy groups -OCH3 is 1. The van der Waals surface area contributed by atoms with E-state index in [-0.39, 0.29) is 0 Å². The molecule has 0 unspecified atom stereocenters. The Balaban J connectivity index is 1.47. The van der Waals surface area contributed by atoms with Gasteiger partial charge in [0.25, 0.3) is 5.95 Å². The lowest BCUT2D eigenvalue weighted by molar-refractivity contribution is 0.415. The second-order valence-electron chi connectivity index (χ2n) is 6.15. The molecule has 0 spiro atoms. The van der Waals surface area contributed by atoms with Gasteiger partial charge in [-0.25, -0.2) is 14.3 Å². The van der Waals surface area contributed by atoms with Crippen LogP contribution in [0.1, 0.15) is 17.1 Å². The molecule has 0 aliphatic rings. The van der Waals surface area contributed by atoms with Crippen LogP contribution in [0.5, 0.6) is 5.75 Å². The summed E-state index contributed by atoms with van der Waals surface area (Å²) >= 11 is 1.42. The first kappa shape index (κ1) is 18.1. The van der Waals surface area contributed by atoms with E-state index in [0.29, 0.717) is 22.7 Å². The molecular weight excluding hydrogens is 378 g/mol. The number of oxazole rings is 1. The summed E-state index contributed by atoms with van der Waals surface area (Å²) in [5.74, 6) is 8.50. The molecule has 0 atom stereocenters. The molecule has 28 heavy (non-hydrogen) atoms. The van der Waals surface area contributed by atoms with Crippen LogP contribution in [0.4, 0.5) is 0 Å². The number of rotatable bonds is 6. The summed E-state index contributed by atoms with van der Waals surface area (Å²) < 4.78 is 13.8. The molecular formula is C18H19N7O2S. The van der Waals surface area contributed by atoms with Crippen LogP contribution in [0, 0.1) is 13.8 Å². The van der Waals surface area contributed by atoms with Crippen LogP contribution in [-0.2, 0) is 5.75 Å². The van der Waals surface area contributed by atoms with Gasteiger partial charge in [-0.2, -0.15) is 5.10 Å². The maximum Gasteiger partial charge on any atom is 0.271 e. The Kier molecular flexibility index (Phi) is 4.78. The summed E-state index contributed by atoms with van der Waals surface area (Å²) in [6, 6.07) is 9.49. The molecule has 10 heteroatoms. The zero-order valence-corrected chi connectivity index (χ0v) is 16.5. The highest BCUT2D eigenvalue weighted by atomic mass is 32.2. The molecule has 0 aliphatic carbocycles. The Morgan fingerprint density at radius 3 is 2.64 bits per heavy atom. The summed E-state index contributed by atoms with van der Waals surface area (Å²) in [5.41, 5.74) is 3.49. The molecule has 9 nitrogen and oxygen atoms in total. The van der Waals surface area contributed by atoms with Crippen LogP contribution in [0.25, 0.3) is 17.4 Å². The Morgan fingerprint density at radius 2 is 1.96 bits per heavy atom. The molecule has 1 aromatic carbocycles. The van der Waals surface area contributed by atoms with Crippen LogP contribution < -0.4 is 10.6 Å². The minimum atomic E-state index is 0.465. The highest BCUT2D eigenvalue weighted by Crippen LogP contribution is 2.25. The van der Waals surface area contributed by atoms with Gasteiger partial charge in [-0.3, -0.25) is 0 Å². The SMILES string of the molecule is COc1ccc(-c2nc(CSc3nnc(-n4nc(C)cc4C)n3N)co2)cc1. The topological polar surface area (TPSA) is 110 Å². The molecule has 0 fully saturated rings. The van der Waals surface area contributed by atoms with Gasteiger partial charge in [0.15, 0.2) is 0 Å². The van der Waals surface area contributed by atoms with Gasteiger partial charge in [0, 0.05) is 17.0 Å². The molecule has 2 N–H and O–H groups in total. The first-order valence-corrected chi connectivity index (χ1v) is 9.49. The van der Waals surface area contributed by atoms with Crippen LogP contribution >= 0.6 is 11.8 Å². The van der Waals surface area contributed by atoms with E-state index in [2.05, 4.69) is 20.3 Å². The summed E-state index contributed by atoms with van der Waals surface area (Å²) in [6.07, 6.45) is 1.63. The van der Waals surface area contributed by atoms with E-state index in [1.165, 1.54) is 16.4 Å². The molecule has 0 radical (unpaired) electrons. The molecule has 4 rings (SSSR count). The molecule has 0 aliphatic heterocycles. The molecule has 3 aromatic heterocycles. The van der Waals surface area contributed by atoms with E-state index < -0.39 is 0 Å².